The van der Waals surface area contributed by atoms with Crippen molar-refractivity contribution in [1.29, 1.82) is 0 Å². The molecule has 3 rings (SSSR count). The van der Waals surface area contributed by atoms with E-state index >= 15 is 0 Å². The molecule has 0 unspecified atom stereocenters. The molecule has 2 aromatic heterocycles. The van der Waals surface area contributed by atoms with Gasteiger partial charge in [0.2, 0.25) is 0 Å². The Hall–Kier alpha value is -2.02. The summed E-state index contributed by atoms with van der Waals surface area (Å²) in [6.07, 6.45) is -0.997. The number of hydrogen-bond acceptors (Lipinski definition) is 5. The highest BCUT2D eigenvalue weighted by Crippen LogP contribution is 2.46. The molecule has 0 aliphatic heterocycles. The van der Waals surface area contributed by atoms with Gasteiger partial charge in [0, 0.05) is 12.8 Å². The molecule has 1 aliphatic carbocycles. The molecule has 0 amide bonds. The van der Waals surface area contributed by atoms with Crippen molar-refractivity contribution in [3.8, 4) is 0 Å². The van der Waals surface area contributed by atoms with E-state index in [4.69, 9.17) is 16.3 Å². The fourth-order valence-corrected chi connectivity index (χ4v) is 2.97. The van der Waals surface area contributed by atoms with Gasteiger partial charge in [0.15, 0.2) is 6.29 Å². The first-order chi connectivity index (χ1) is 10.9. The Labute approximate surface area is 136 Å². The first-order valence-corrected chi connectivity index (χ1v) is 7.61. The number of halogens is 2. The van der Waals surface area contributed by atoms with Crippen LogP contribution in [-0.4, -0.2) is 39.1 Å². The molecule has 8 heteroatoms. The van der Waals surface area contributed by atoms with Crippen LogP contribution in [0, 0.1) is 0 Å². The SMILES string of the molecule is CC(C)OC(=O)C1(c2nc(C=O)c3ccc(Cl)nn23)CC(F)C1. The monoisotopic (exact) mass is 339 g/mol. The Morgan fingerprint density at radius 3 is 2.78 bits per heavy atom. The highest BCUT2D eigenvalue weighted by atomic mass is 35.5. The van der Waals surface area contributed by atoms with Crippen molar-refractivity contribution >= 4 is 29.4 Å². The van der Waals surface area contributed by atoms with Gasteiger partial charge >= 0.3 is 5.97 Å². The molecule has 0 bridgehead atoms. The molecular formula is C15H15ClFN3O3. The van der Waals surface area contributed by atoms with Crippen molar-refractivity contribution in [2.75, 3.05) is 0 Å². The third kappa shape index (κ3) is 2.49. The first-order valence-electron chi connectivity index (χ1n) is 7.23. The zero-order valence-corrected chi connectivity index (χ0v) is 13.4. The summed E-state index contributed by atoms with van der Waals surface area (Å²) in [5.74, 6) is -0.371. The fourth-order valence-electron chi connectivity index (χ4n) is 2.84. The van der Waals surface area contributed by atoms with Gasteiger partial charge in [0.05, 0.1) is 11.6 Å². The van der Waals surface area contributed by atoms with Gasteiger partial charge in [0.1, 0.15) is 28.3 Å². The van der Waals surface area contributed by atoms with E-state index in [-0.39, 0.29) is 35.6 Å². The minimum absolute atomic E-state index is 0.0514. The number of aromatic nitrogens is 3. The Bertz CT molecular complexity index is 784. The van der Waals surface area contributed by atoms with Gasteiger partial charge in [-0.05, 0) is 26.0 Å². The summed E-state index contributed by atoms with van der Waals surface area (Å²) in [6, 6.07) is 3.11. The molecular weight excluding hydrogens is 325 g/mol. The smallest absolute Gasteiger partial charge is 0.320 e. The Balaban J connectivity index is 2.17. The van der Waals surface area contributed by atoms with E-state index in [1.54, 1.807) is 19.9 Å². The van der Waals surface area contributed by atoms with E-state index in [9.17, 15) is 14.0 Å². The number of esters is 1. The molecule has 122 valence electrons. The van der Waals surface area contributed by atoms with E-state index in [1.807, 2.05) is 0 Å². The molecule has 0 saturated heterocycles. The Morgan fingerprint density at radius 2 is 2.22 bits per heavy atom. The van der Waals surface area contributed by atoms with E-state index in [0.29, 0.717) is 11.8 Å². The zero-order valence-electron chi connectivity index (χ0n) is 12.6. The number of hydrogen-bond donors (Lipinski definition) is 0. The lowest BCUT2D eigenvalue weighted by Gasteiger charge is -2.40. The second-order valence-corrected chi connectivity index (χ2v) is 6.32. The number of aldehydes is 1. The highest BCUT2D eigenvalue weighted by molar-refractivity contribution is 6.29. The van der Waals surface area contributed by atoms with Crippen molar-refractivity contribution in [3.63, 3.8) is 0 Å². The molecule has 0 spiro atoms. The minimum atomic E-state index is -1.24. The van der Waals surface area contributed by atoms with Gasteiger partial charge in [-0.25, -0.2) is 13.9 Å². The zero-order chi connectivity index (χ0) is 16.8. The van der Waals surface area contributed by atoms with Gasteiger partial charge in [-0.2, -0.15) is 5.10 Å². The molecule has 1 aliphatic rings. The third-order valence-electron chi connectivity index (χ3n) is 3.90. The number of nitrogens with zero attached hydrogens (tertiary/aromatic N) is 3. The normalized spacial score (nSPS) is 23.8. The largest absolute Gasteiger partial charge is 0.462 e. The Morgan fingerprint density at radius 1 is 1.52 bits per heavy atom. The molecule has 23 heavy (non-hydrogen) atoms. The third-order valence-corrected chi connectivity index (χ3v) is 4.11. The van der Waals surface area contributed by atoms with E-state index < -0.39 is 17.6 Å². The predicted molar refractivity (Wildman–Crippen MR) is 80.4 cm³/mol. The maximum Gasteiger partial charge on any atom is 0.320 e. The maximum atomic E-state index is 13.6. The van der Waals surface area contributed by atoms with E-state index in [1.165, 1.54) is 10.6 Å². The van der Waals surface area contributed by atoms with Crippen LogP contribution in [0.15, 0.2) is 12.1 Å². The molecule has 1 fully saturated rings. The molecule has 2 aromatic rings. The molecule has 2 heterocycles. The van der Waals surface area contributed by atoms with Crippen molar-refractivity contribution in [3.05, 3.63) is 28.8 Å². The molecule has 6 nitrogen and oxygen atoms in total. The summed E-state index contributed by atoms with van der Waals surface area (Å²) < 4.78 is 20.2. The molecule has 0 N–H and O–H groups in total. The lowest BCUT2D eigenvalue weighted by molar-refractivity contribution is -0.162. The second kappa shape index (κ2) is 5.56. The van der Waals surface area contributed by atoms with Crippen LogP contribution in [0.2, 0.25) is 5.15 Å². The number of ether oxygens (including phenoxy) is 1. The summed E-state index contributed by atoms with van der Waals surface area (Å²) in [5, 5.41) is 4.29. The number of rotatable bonds is 4. The van der Waals surface area contributed by atoms with Crippen LogP contribution in [0.4, 0.5) is 4.39 Å². The molecule has 0 aromatic carbocycles. The average molecular weight is 340 g/mol. The number of fused-ring (bicyclic) bond motifs is 1. The van der Waals surface area contributed by atoms with Crippen molar-refractivity contribution in [2.24, 2.45) is 0 Å². The van der Waals surface area contributed by atoms with Crippen LogP contribution in [-0.2, 0) is 14.9 Å². The molecule has 0 atom stereocenters. The number of alkyl halides is 1. The summed E-state index contributed by atoms with van der Waals surface area (Å²) in [5.41, 5.74) is -0.701. The van der Waals surface area contributed by atoms with Gasteiger partial charge in [-0.1, -0.05) is 11.6 Å². The van der Waals surface area contributed by atoms with Crippen molar-refractivity contribution in [2.45, 2.75) is 44.4 Å². The molecule has 0 radical (unpaired) electrons. The van der Waals surface area contributed by atoms with Gasteiger partial charge in [0.25, 0.3) is 0 Å². The summed E-state index contributed by atoms with van der Waals surface area (Å²) in [4.78, 5) is 28.0. The van der Waals surface area contributed by atoms with Crippen LogP contribution in [0.1, 0.15) is 43.0 Å². The maximum absolute atomic E-state index is 13.6. The quantitative estimate of drug-likeness (QED) is 0.632. The van der Waals surface area contributed by atoms with Gasteiger partial charge < -0.3 is 4.74 Å². The van der Waals surface area contributed by atoms with Crippen molar-refractivity contribution in [1.82, 2.24) is 14.6 Å². The number of carbonyl (C=O) groups excluding carboxylic acids is 2. The number of carbonyl (C=O) groups is 2. The number of imidazole rings is 1. The average Bonchev–Trinajstić information content (AvgIpc) is 2.80. The molecule has 1 saturated carbocycles. The Kier molecular flexibility index (Phi) is 3.83. The van der Waals surface area contributed by atoms with Crippen LogP contribution in [0.25, 0.3) is 5.52 Å². The van der Waals surface area contributed by atoms with E-state index in [2.05, 4.69) is 10.1 Å². The second-order valence-electron chi connectivity index (χ2n) is 5.93. The van der Waals surface area contributed by atoms with Crippen LogP contribution < -0.4 is 0 Å². The lowest BCUT2D eigenvalue weighted by atomic mass is 9.66. The minimum Gasteiger partial charge on any atom is -0.462 e. The topological polar surface area (TPSA) is 73.6 Å². The van der Waals surface area contributed by atoms with E-state index in [0.717, 1.165) is 0 Å². The summed E-state index contributed by atoms with van der Waals surface area (Å²) in [6.45, 7) is 3.43. The highest BCUT2D eigenvalue weighted by Gasteiger charge is 2.56. The summed E-state index contributed by atoms with van der Waals surface area (Å²) >= 11 is 5.91. The van der Waals surface area contributed by atoms with Crippen LogP contribution in [0.3, 0.4) is 0 Å². The standard InChI is InChI=1S/C15H15ClFN3O3/c1-8(2)23-14(22)15(5-9(17)6-15)13-18-10(7-21)11-3-4-12(16)19-20(11)13/h3-4,7-9H,5-6H2,1-2H3. The fraction of sp³-hybridized carbons (Fsp3) is 0.467. The van der Waals surface area contributed by atoms with Crippen LogP contribution in [0.5, 0.6) is 0 Å². The summed E-state index contributed by atoms with van der Waals surface area (Å²) in [7, 11) is 0. The van der Waals surface area contributed by atoms with Crippen LogP contribution >= 0.6 is 11.6 Å². The first kappa shape index (κ1) is 15.9. The lowest BCUT2D eigenvalue weighted by Crippen LogP contribution is -2.51. The van der Waals surface area contributed by atoms with Crippen molar-refractivity contribution < 1.29 is 18.7 Å². The predicted octanol–water partition coefficient (Wildman–Crippen LogP) is 2.52. The van der Waals surface area contributed by atoms with Gasteiger partial charge in [-0.3, -0.25) is 9.59 Å². The van der Waals surface area contributed by atoms with Gasteiger partial charge in [-0.15, -0.1) is 0 Å².